The van der Waals surface area contributed by atoms with Gasteiger partial charge in [-0.15, -0.1) is 0 Å². The first kappa shape index (κ1) is 18.3. The standard InChI is InChI=1S/C22H19FN2O3S/c1-13-15-7-4-8-16(23)20(15)28-19(13)21(26)25(12-14-6-5-11-27-14)22-24-17-9-2-3-10-18(17)29-22/h2-4,7-10,14H,5-6,11-12H2,1H3/t14-/m0/s1. The molecule has 2 aromatic carbocycles. The number of thiazole rings is 1. The van der Waals surface area contributed by atoms with Gasteiger partial charge in [0.1, 0.15) is 0 Å². The molecule has 1 fully saturated rings. The minimum Gasteiger partial charge on any atom is -0.448 e. The molecule has 0 unspecified atom stereocenters. The van der Waals surface area contributed by atoms with Crippen molar-refractivity contribution in [1.29, 1.82) is 0 Å². The summed E-state index contributed by atoms with van der Waals surface area (Å²) in [4.78, 5) is 19.8. The van der Waals surface area contributed by atoms with Crippen LogP contribution in [0.1, 0.15) is 29.0 Å². The van der Waals surface area contributed by atoms with Gasteiger partial charge < -0.3 is 9.15 Å². The summed E-state index contributed by atoms with van der Waals surface area (Å²) in [5.74, 6) is -0.662. The molecule has 0 saturated carbocycles. The molecular formula is C22H19FN2O3S. The van der Waals surface area contributed by atoms with Crippen LogP contribution in [0.2, 0.25) is 0 Å². The molecule has 7 heteroatoms. The van der Waals surface area contributed by atoms with Crippen molar-refractivity contribution in [1.82, 2.24) is 4.98 Å². The van der Waals surface area contributed by atoms with E-state index < -0.39 is 5.82 Å². The van der Waals surface area contributed by atoms with E-state index in [0.29, 0.717) is 29.2 Å². The number of aromatic nitrogens is 1. The lowest BCUT2D eigenvalue weighted by Gasteiger charge is -2.22. The third-order valence-corrected chi connectivity index (χ3v) is 6.34. The minimum absolute atomic E-state index is 0.0487. The lowest BCUT2D eigenvalue weighted by atomic mass is 10.1. The van der Waals surface area contributed by atoms with Crippen LogP contribution < -0.4 is 4.90 Å². The predicted octanol–water partition coefficient (Wildman–Crippen LogP) is 5.32. The number of para-hydroxylation sites is 2. The molecule has 5 rings (SSSR count). The largest absolute Gasteiger partial charge is 0.448 e. The first-order valence-corrected chi connectivity index (χ1v) is 10.4. The fraction of sp³-hybridized carbons (Fsp3) is 0.273. The number of carbonyl (C=O) groups excluding carboxylic acids is 1. The summed E-state index contributed by atoms with van der Waals surface area (Å²) in [6, 6.07) is 12.5. The lowest BCUT2D eigenvalue weighted by Crippen LogP contribution is -2.37. The number of furan rings is 1. The normalized spacial score (nSPS) is 16.7. The second-order valence-electron chi connectivity index (χ2n) is 7.19. The molecule has 1 atom stereocenters. The van der Waals surface area contributed by atoms with Crippen molar-refractivity contribution in [3.05, 3.63) is 59.6 Å². The fourth-order valence-corrected chi connectivity index (χ4v) is 4.72. The Bertz CT molecular complexity index is 1180. The SMILES string of the molecule is Cc1c(C(=O)N(C[C@@H]2CCCO2)c2nc3ccccc3s2)oc2c(F)cccc12. The number of anilines is 1. The topological polar surface area (TPSA) is 55.6 Å². The highest BCUT2D eigenvalue weighted by atomic mass is 32.1. The van der Waals surface area contributed by atoms with Gasteiger partial charge in [0, 0.05) is 17.6 Å². The number of hydrogen-bond acceptors (Lipinski definition) is 5. The van der Waals surface area contributed by atoms with Crippen LogP contribution in [-0.4, -0.2) is 30.1 Å². The van der Waals surface area contributed by atoms with E-state index >= 15 is 0 Å². The summed E-state index contributed by atoms with van der Waals surface area (Å²) in [6.07, 6.45) is 1.82. The molecule has 0 radical (unpaired) electrons. The van der Waals surface area contributed by atoms with Crippen LogP contribution in [0.3, 0.4) is 0 Å². The van der Waals surface area contributed by atoms with E-state index in [-0.39, 0.29) is 23.4 Å². The smallest absolute Gasteiger partial charge is 0.296 e. The van der Waals surface area contributed by atoms with Gasteiger partial charge in [-0.25, -0.2) is 9.37 Å². The highest BCUT2D eigenvalue weighted by Gasteiger charge is 2.30. The Morgan fingerprint density at radius 2 is 2.14 bits per heavy atom. The van der Waals surface area contributed by atoms with E-state index in [0.717, 1.165) is 23.1 Å². The lowest BCUT2D eigenvalue weighted by molar-refractivity contribution is 0.0896. The van der Waals surface area contributed by atoms with Gasteiger partial charge in [-0.05, 0) is 38.0 Å². The van der Waals surface area contributed by atoms with Crippen molar-refractivity contribution < 1.29 is 18.3 Å². The van der Waals surface area contributed by atoms with E-state index in [2.05, 4.69) is 4.98 Å². The van der Waals surface area contributed by atoms with Crippen LogP contribution in [0.15, 0.2) is 46.9 Å². The number of carbonyl (C=O) groups is 1. The number of fused-ring (bicyclic) bond motifs is 2. The van der Waals surface area contributed by atoms with Gasteiger partial charge in [0.05, 0.1) is 22.9 Å². The van der Waals surface area contributed by atoms with Gasteiger partial charge in [0.25, 0.3) is 5.91 Å². The highest BCUT2D eigenvalue weighted by Crippen LogP contribution is 2.33. The van der Waals surface area contributed by atoms with E-state index in [9.17, 15) is 9.18 Å². The Morgan fingerprint density at radius 1 is 1.28 bits per heavy atom. The second kappa shape index (κ2) is 7.24. The molecule has 4 aromatic rings. The zero-order valence-electron chi connectivity index (χ0n) is 15.9. The number of nitrogens with zero attached hydrogens (tertiary/aromatic N) is 2. The van der Waals surface area contributed by atoms with E-state index in [4.69, 9.17) is 9.15 Å². The maximum atomic E-state index is 14.2. The molecule has 1 aliphatic rings. The molecule has 29 heavy (non-hydrogen) atoms. The number of ether oxygens (including phenoxy) is 1. The molecule has 148 valence electrons. The molecule has 1 aliphatic heterocycles. The molecule has 0 spiro atoms. The van der Waals surface area contributed by atoms with Crippen molar-refractivity contribution in [3.8, 4) is 0 Å². The van der Waals surface area contributed by atoms with Crippen LogP contribution >= 0.6 is 11.3 Å². The van der Waals surface area contributed by atoms with Crippen LogP contribution in [0, 0.1) is 12.7 Å². The number of halogens is 1. The summed E-state index contributed by atoms with van der Waals surface area (Å²) < 4.78 is 26.7. The molecule has 0 N–H and O–H groups in total. The average molecular weight is 410 g/mol. The fourth-order valence-electron chi connectivity index (χ4n) is 3.75. The number of hydrogen-bond donors (Lipinski definition) is 0. The monoisotopic (exact) mass is 410 g/mol. The van der Waals surface area contributed by atoms with Crippen molar-refractivity contribution >= 4 is 43.6 Å². The predicted molar refractivity (Wildman–Crippen MR) is 111 cm³/mol. The zero-order valence-corrected chi connectivity index (χ0v) is 16.7. The Morgan fingerprint density at radius 3 is 2.90 bits per heavy atom. The highest BCUT2D eigenvalue weighted by molar-refractivity contribution is 7.22. The third kappa shape index (κ3) is 3.20. The zero-order chi connectivity index (χ0) is 20.0. The Kier molecular flexibility index (Phi) is 4.56. The number of amides is 1. The van der Waals surface area contributed by atoms with E-state index in [1.54, 1.807) is 24.0 Å². The second-order valence-corrected chi connectivity index (χ2v) is 8.20. The summed E-state index contributed by atoms with van der Waals surface area (Å²) in [6.45, 7) is 2.86. The Hall–Kier alpha value is -2.77. The van der Waals surface area contributed by atoms with Crippen LogP contribution in [0.25, 0.3) is 21.2 Å². The molecule has 1 amide bonds. The average Bonchev–Trinajstić information content (AvgIpc) is 3.45. The van der Waals surface area contributed by atoms with E-state index in [1.165, 1.54) is 17.4 Å². The van der Waals surface area contributed by atoms with Crippen molar-refractivity contribution in [2.45, 2.75) is 25.9 Å². The molecular weight excluding hydrogens is 391 g/mol. The maximum Gasteiger partial charge on any atom is 0.296 e. The van der Waals surface area contributed by atoms with Crippen molar-refractivity contribution in [2.24, 2.45) is 0 Å². The number of rotatable bonds is 4. The number of aryl methyl sites for hydroxylation is 1. The molecule has 2 aromatic heterocycles. The maximum absolute atomic E-state index is 14.2. The Labute approximate surface area is 170 Å². The Balaban J connectivity index is 1.59. The van der Waals surface area contributed by atoms with Gasteiger partial charge in [-0.2, -0.15) is 0 Å². The van der Waals surface area contributed by atoms with E-state index in [1.807, 2.05) is 24.3 Å². The van der Waals surface area contributed by atoms with Gasteiger partial charge in [0.15, 0.2) is 22.3 Å². The molecule has 3 heterocycles. The first-order valence-electron chi connectivity index (χ1n) is 9.58. The summed E-state index contributed by atoms with van der Waals surface area (Å²) in [5, 5.41) is 1.20. The summed E-state index contributed by atoms with van der Waals surface area (Å²) in [5.41, 5.74) is 1.57. The first-order chi connectivity index (χ1) is 14.1. The van der Waals surface area contributed by atoms with Crippen LogP contribution in [0.5, 0.6) is 0 Å². The molecule has 1 saturated heterocycles. The van der Waals surface area contributed by atoms with Crippen molar-refractivity contribution in [3.63, 3.8) is 0 Å². The van der Waals surface area contributed by atoms with Gasteiger partial charge in [-0.1, -0.05) is 35.6 Å². The molecule has 0 bridgehead atoms. The van der Waals surface area contributed by atoms with Crippen LogP contribution in [-0.2, 0) is 4.74 Å². The number of benzene rings is 2. The minimum atomic E-state index is -0.477. The molecule has 0 aliphatic carbocycles. The van der Waals surface area contributed by atoms with Crippen LogP contribution in [0.4, 0.5) is 9.52 Å². The third-order valence-electron chi connectivity index (χ3n) is 5.28. The summed E-state index contributed by atoms with van der Waals surface area (Å²) >= 11 is 1.45. The summed E-state index contributed by atoms with van der Waals surface area (Å²) in [7, 11) is 0. The van der Waals surface area contributed by atoms with Gasteiger partial charge >= 0.3 is 0 Å². The van der Waals surface area contributed by atoms with Gasteiger partial charge in [0.2, 0.25) is 0 Å². The quantitative estimate of drug-likeness (QED) is 0.457. The van der Waals surface area contributed by atoms with Gasteiger partial charge in [-0.3, -0.25) is 9.69 Å². The van der Waals surface area contributed by atoms with Crippen molar-refractivity contribution in [2.75, 3.05) is 18.1 Å². The molecule has 5 nitrogen and oxygen atoms in total.